The molecule has 1 aliphatic heterocycles. The Morgan fingerprint density at radius 3 is 2.47 bits per heavy atom. The number of carbonyl (C=O) groups excluding carboxylic acids is 1. The van der Waals surface area contributed by atoms with Crippen LogP contribution in [0.1, 0.15) is 84.3 Å². The number of rotatable bonds is 5. The molecule has 0 spiro atoms. The van der Waals surface area contributed by atoms with Crippen LogP contribution in [0.15, 0.2) is 30.0 Å². The number of amides is 2. The Balaban J connectivity index is 1.73. The third kappa shape index (κ3) is 5.43. The Morgan fingerprint density at radius 2 is 1.92 bits per heavy atom. The maximum absolute atomic E-state index is 13.9. The quantitative estimate of drug-likeness (QED) is 0.392. The summed E-state index contributed by atoms with van der Waals surface area (Å²) in [6.45, 7) is 10.1. The lowest BCUT2D eigenvalue weighted by atomic mass is 9.68. The van der Waals surface area contributed by atoms with E-state index in [1.54, 1.807) is 12.3 Å². The molecule has 3 unspecified atom stereocenters. The summed E-state index contributed by atoms with van der Waals surface area (Å²) in [5.74, 6) is -3.21. The zero-order valence-electron chi connectivity index (χ0n) is 22.7. The van der Waals surface area contributed by atoms with Crippen LogP contribution in [0.4, 0.5) is 18.0 Å². The Bertz CT molecular complexity index is 1140. The minimum atomic E-state index is -4.35. The molecule has 0 bridgehead atoms. The van der Waals surface area contributed by atoms with Crippen LogP contribution in [0.2, 0.25) is 5.02 Å². The fraction of sp³-hybridized carbons (Fsp3) is 0.655. The van der Waals surface area contributed by atoms with E-state index < -0.39 is 41.1 Å². The minimum absolute atomic E-state index is 0.102. The summed E-state index contributed by atoms with van der Waals surface area (Å²) in [5.41, 5.74) is 0.347. The molecule has 2 amide bonds. The van der Waals surface area contributed by atoms with Crippen molar-refractivity contribution in [3.63, 3.8) is 0 Å². The number of halogens is 4. The maximum Gasteiger partial charge on any atom is 0.392 e. The second kappa shape index (κ2) is 9.76. The first-order valence-electron chi connectivity index (χ1n) is 13.4. The Morgan fingerprint density at radius 1 is 1.24 bits per heavy atom. The molecule has 210 valence electrons. The molecule has 4 rings (SSSR count). The number of carbonyl (C=O) groups is 2. The van der Waals surface area contributed by atoms with Crippen molar-refractivity contribution in [1.29, 1.82) is 0 Å². The van der Waals surface area contributed by atoms with E-state index in [2.05, 4.69) is 26.1 Å². The summed E-state index contributed by atoms with van der Waals surface area (Å²) < 4.78 is 41.6. The molecule has 1 aromatic carbocycles. The van der Waals surface area contributed by atoms with Crippen LogP contribution in [0, 0.1) is 23.2 Å². The van der Waals surface area contributed by atoms with E-state index in [0.29, 0.717) is 22.6 Å². The van der Waals surface area contributed by atoms with Crippen LogP contribution in [-0.2, 0) is 16.8 Å². The van der Waals surface area contributed by atoms with Gasteiger partial charge in [-0.2, -0.15) is 13.2 Å². The zero-order valence-corrected chi connectivity index (χ0v) is 23.5. The average Bonchev–Trinajstić information content (AvgIpc) is 3.11. The fourth-order valence-electron chi connectivity index (χ4n) is 6.59. The normalized spacial score (nSPS) is 32.0. The van der Waals surface area contributed by atoms with Crippen molar-refractivity contribution in [2.24, 2.45) is 23.2 Å². The molecule has 38 heavy (non-hydrogen) atoms. The van der Waals surface area contributed by atoms with Gasteiger partial charge < -0.3 is 10.4 Å². The van der Waals surface area contributed by atoms with Crippen molar-refractivity contribution in [3.8, 4) is 0 Å². The van der Waals surface area contributed by atoms with E-state index in [9.17, 15) is 27.9 Å². The van der Waals surface area contributed by atoms with Gasteiger partial charge in [-0.25, -0.2) is 4.79 Å². The monoisotopic (exact) mass is 554 g/mol. The van der Waals surface area contributed by atoms with Gasteiger partial charge in [-0.3, -0.25) is 9.69 Å². The molecular formula is C29H38ClF3N2O3. The van der Waals surface area contributed by atoms with Gasteiger partial charge in [-0.15, -0.1) is 0 Å². The van der Waals surface area contributed by atoms with E-state index in [1.165, 1.54) is 4.90 Å². The number of aryl methyl sites for hydroxylation is 1. The first-order chi connectivity index (χ1) is 17.4. The third-order valence-electron chi connectivity index (χ3n) is 8.87. The molecule has 1 aromatic rings. The molecule has 1 heterocycles. The lowest BCUT2D eigenvalue weighted by Gasteiger charge is -2.50. The molecule has 0 radical (unpaired) electrons. The zero-order chi connectivity index (χ0) is 28.3. The molecule has 2 N–H and O–H groups in total. The molecule has 3 aliphatic rings. The predicted octanol–water partition coefficient (Wildman–Crippen LogP) is 7.67. The lowest BCUT2D eigenvalue weighted by Crippen LogP contribution is -2.61. The number of carboxylic acids is 1. The number of aliphatic carboxylic acids is 1. The van der Waals surface area contributed by atoms with Gasteiger partial charge >= 0.3 is 18.2 Å². The largest absolute Gasteiger partial charge is 0.481 e. The van der Waals surface area contributed by atoms with Crippen LogP contribution in [0.25, 0.3) is 0 Å². The van der Waals surface area contributed by atoms with Crippen LogP contribution in [-0.4, -0.2) is 33.7 Å². The molecule has 0 aromatic heterocycles. The number of fused-ring (bicyclic) bond motifs is 1. The summed E-state index contributed by atoms with van der Waals surface area (Å²) in [7, 11) is 0. The van der Waals surface area contributed by atoms with Gasteiger partial charge in [0.25, 0.3) is 0 Å². The number of hydrogen-bond donors (Lipinski definition) is 2. The highest BCUT2D eigenvalue weighted by Crippen LogP contribution is 2.52. The molecule has 5 atom stereocenters. The Kier molecular flexibility index (Phi) is 7.39. The molecule has 2 aliphatic carbocycles. The topological polar surface area (TPSA) is 69.6 Å². The van der Waals surface area contributed by atoms with Gasteiger partial charge in [0.2, 0.25) is 0 Å². The number of urea groups is 1. The van der Waals surface area contributed by atoms with E-state index in [-0.39, 0.29) is 37.0 Å². The minimum Gasteiger partial charge on any atom is -0.481 e. The van der Waals surface area contributed by atoms with Gasteiger partial charge in [0.1, 0.15) is 0 Å². The standard InChI is InChI=1S/C29H38ClF3N2O3/c1-17-14-27(5,15-22(17)24(36)37)35-16-21-12-20(29(31,32)33)9-11-28(21,34-25(35)38)19-7-6-18(23(30)13-19)8-10-26(2,3)4/h6-7,13,16-17,20,22H,8-12,14-15H2,1-5H3,(H,34,38)(H,36,37)/t17?,20?,22-,27?,28+/m0/s1. The Labute approximate surface area is 227 Å². The van der Waals surface area contributed by atoms with E-state index >= 15 is 0 Å². The van der Waals surface area contributed by atoms with Gasteiger partial charge in [0, 0.05) is 16.8 Å². The van der Waals surface area contributed by atoms with Gasteiger partial charge in [0.05, 0.1) is 17.4 Å². The highest BCUT2D eigenvalue weighted by molar-refractivity contribution is 6.31. The van der Waals surface area contributed by atoms with Gasteiger partial charge in [-0.1, -0.05) is 51.4 Å². The SMILES string of the molecule is CC1CC(C)(N2C=C3CC(C(F)(F)F)CC[C@]3(c3ccc(CCC(C)(C)C)c(Cl)c3)NC2=O)C[C@@H]1C(=O)O. The molecule has 0 saturated heterocycles. The molecular weight excluding hydrogens is 517 g/mol. The highest BCUT2D eigenvalue weighted by atomic mass is 35.5. The average molecular weight is 555 g/mol. The molecule has 2 fully saturated rings. The summed E-state index contributed by atoms with van der Waals surface area (Å²) >= 11 is 6.68. The molecule has 9 heteroatoms. The molecule has 2 saturated carbocycles. The number of alkyl halides is 3. The smallest absolute Gasteiger partial charge is 0.392 e. The van der Waals surface area contributed by atoms with Crippen LogP contribution in [0.5, 0.6) is 0 Å². The van der Waals surface area contributed by atoms with Crippen LogP contribution >= 0.6 is 11.6 Å². The van der Waals surface area contributed by atoms with E-state index in [0.717, 1.165) is 18.4 Å². The van der Waals surface area contributed by atoms with E-state index in [4.69, 9.17) is 11.6 Å². The van der Waals surface area contributed by atoms with Crippen molar-refractivity contribution in [1.82, 2.24) is 10.2 Å². The number of carboxylic acid groups (broad SMARTS) is 1. The fourth-order valence-corrected chi connectivity index (χ4v) is 6.86. The van der Waals surface area contributed by atoms with Gasteiger partial charge in [-0.05, 0) is 86.0 Å². The second-order valence-corrected chi connectivity index (χ2v) is 13.4. The summed E-state index contributed by atoms with van der Waals surface area (Å²) in [5, 5.41) is 13.3. The number of hydrogen-bond acceptors (Lipinski definition) is 2. The van der Waals surface area contributed by atoms with Crippen LogP contribution in [0.3, 0.4) is 0 Å². The van der Waals surface area contributed by atoms with Crippen LogP contribution < -0.4 is 5.32 Å². The number of nitrogens with zero attached hydrogens (tertiary/aromatic N) is 1. The summed E-state index contributed by atoms with van der Waals surface area (Å²) in [6, 6.07) is 5.16. The van der Waals surface area contributed by atoms with Crippen molar-refractivity contribution >= 4 is 23.6 Å². The van der Waals surface area contributed by atoms with Crippen molar-refractivity contribution in [3.05, 3.63) is 46.1 Å². The lowest BCUT2D eigenvalue weighted by molar-refractivity contribution is -0.181. The first kappa shape index (κ1) is 28.8. The first-order valence-corrected chi connectivity index (χ1v) is 13.7. The van der Waals surface area contributed by atoms with E-state index in [1.807, 2.05) is 26.0 Å². The predicted molar refractivity (Wildman–Crippen MR) is 141 cm³/mol. The summed E-state index contributed by atoms with van der Waals surface area (Å²) in [4.78, 5) is 26.8. The third-order valence-corrected chi connectivity index (χ3v) is 9.22. The second-order valence-electron chi connectivity index (χ2n) is 13.0. The highest BCUT2D eigenvalue weighted by Gasteiger charge is 2.55. The molecule has 5 nitrogen and oxygen atoms in total. The van der Waals surface area contributed by atoms with Crippen molar-refractivity contribution < 1.29 is 27.9 Å². The number of nitrogens with one attached hydrogen (secondary N) is 1. The van der Waals surface area contributed by atoms with Crippen molar-refractivity contribution in [2.75, 3.05) is 0 Å². The summed E-state index contributed by atoms with van der Waals surface area (Å²) in [6.07, 6.45) is -0.632. The maximum atomic E-state index is 13.9. The Hall–Kier alpha value is -2.22. The van der Waals surface area contributed by atoms with Gasteiger partial charge in [0.15, 0.2) is 0 Å². The number of benzene rings is 1. The van der Waals surface area contributed by atoms with Crippen molar-refractivity contribution in [2.45, 2.75) is 96.8 Å².